The summed E-state index contributed by atoms with van der Waals surface area (Å²) in [4.78, 5) is 22.1. The van der Waals surface area contributed by atoms with E-state index in [2.05, 4.69) is 4.90 Å². The number of morpholine rings is 1. The topological polar surface area (TPSA) is 54.9 Å². The Labute approximate surface area is 190 Å². The van der Waals surface area contributed by atoms with Gasteiger partial charge in [-0.25, -0.2) is 4.98 Å². The number of methoxy groups -OCH3 is 1. The Balaban J connectivity index is 0.00000256. The minimum atomic E-state index is -0.0825. The first-order chi connectivity index (χ1) is 14.1. The quantitative estimate of drug-likeness (QED) is 0.538. The molecule has 2 heterocycles. The fraction of sp³-hybridized carbons (Fsp3) is 0.333. The Hall–Kier alpha value is -1.90. The molecular weight excluding hydrogens is 445 g/mol. The van der Waals surface area contributed by atoms with Gasteiger partial charge < -0.3 is 9.47 Å². The molecule has 4 rings (SSSR count). The van der Waals surface area contributed by atoms with Gasteiger partial charge in [-0.1, -0.05) is 22.9 Å². The maximum Gasteiger partial charge on any atom is 0.260 e. The smallest absolute Gasteiger partial charge is 0.260 e. The number of anilines is 1. The van der Waals surface area contributed by atoms with Crippen LogP contribution in [0.5, 0.6) is 5.75 Å². The minimum absolute atomic E-state index is 0. The van der Waals surface area contributed by atoms with E-state index in [-0.39, 0.29) is 18.3 Å². The molecule has 0 N–H and O–H groups in total. The van der Waals surface area contributed by atoms with Crippen LogP contribution in [0.25, 0.3) is 10.2 Å². The van der Waals surface area contributed by atoms with Crippen molar-refractivity contribution in [1.82, 2.24) is 9.88 Å². The van der Waals surface area contributed by atoms with Gasteiger partial charge in [0.15, 0.2) is 5.13 Å². The van der Waals surface area contributed by atoms with Crippen molar-refractivity contribution in [1.29, 1.82) is 0 Å². The predicted molar refractivity (Wildman–Crippen MR) is 124 cm³/mol. The molecule has 6 nitrogen and oxygen atoms in total. The SMILES string of the molecule is COc1ccc2sc(N(CCN3CCOCC3)C(=O)c3ccc(Cl)cc3)nc2c1.Cl. The number of benzene rings is 2. The van der Waals surface area contributed by atoms with E-state index in [1.54, 1.807) is 36.3 Å². The Kier molecular flexibility index (Phi) is 7.91. The Morgan fingerprint density at radius 2 is 1.97 bits per heavy atom. The number of ether oxygens (including phenoxy) is 2. The first-order valence-electron chi connectivity index (χ1n) is 9.46. The second-order valence-corrected chi connectivity index (χ2v) is 8.19. The largest absolute Gasteiger partial charge is 0.497 e. The maximum atomic E-state index is 13.3. The third-order valence-corrected chi connectivity index (χ3v) is 6.21. The lowest BCUT2D eigenvalue weighted by atomic mass is 10.2. The minimum Gasteiger partial charge on any atom is -0.497 e. The van der Waals surface area contributed by atoms with E-state index < -0.39 is 0 Å². The molecule has 160 valence electrons. The highest BCUT2D eigenvalue weighted by Gasteiger charge is 2.23. The second-order valence-electron chi connectivity index (χ2n) is 6.75. The molecule has 1 aliphatic heterocycles. The van der Waals surface area contributed by atoms with Gasteiger partial charge in [-0.3, -0.25) is 14.6 Å². The number of aromatic nitrogens is 1. The van der Waals surface area contributed by atoms with Gasteiger partial charge in [0.05, 0.1) is 30.5 Å². The zero-order chi connectivity index (χ0) is 20.2. The second kappa shape index (κ2) is 10.4. The number of hydrogen-bond acceptors (Lipinski definition) is 6. The van der Waals surface area contributed by atoms with E-state index in [4.69, 9.17) is 26.1 Å². The highest BCUT2D eigenvalue weighted by molar-refractivity contribution is 7.22. The molecule has 3 aromatic rings. The first-order valence-corrected chi connectivity index (χ1v) is 10.7. The highest BCUT2D eigenvalue weighted by Crippen LogP contribution is 2.32. The van der Waals surface area contributed by atoms with E-state index >= 15 is 0 Å². The van der Waals surface area contributed by atoms with Crippen LogP contribution >= 0.6 is 35.3 Å². The number of carbonyl (C=O) groups is 1. The summed E-state index contributed by atoms with van der Waals surface area (Å²) in [5, 5.41) is 1.29. The van der Waals surface area contributed by atoms with Crippen LogP contribution in [0, 0.1) is 0 Å². The van der Waals surface area contributed by atoms with Crippen LogP contribution in [-0.2, 0) is 4.74 Å². The van der Waals surface area contributed by atoms with Gasteiger partial charge in [0.1, 0.15) is 5.75 Å². The highest BCUT2D eigenvalue weighted by atomic mass is 35.5. The van der Waals surface area contributed by atoms with Crippen LogP contribution in [0.15, 0.2) is 42.5 Å². The molecule has 0 unspecified atom stereocenters. The molecule has 2 aromatic carbocycles. The molecule has 0 bridgehead atoms. The summed E-state index contributed by atoms with van der Waals surface area (Å²) in [6.45, 7) is 4.53. The molecule has 1 amide bonds. The third-order valence-electron chi connectivity index (χ3n) is 4.89. The van der Waals surface area contributed by atoms with Crippen molar-refractivity contribution >= 4 is 56.6 Å². The molecule has 0 saturated carbocycles. The van der Waals surface area contributed by atoms with Gasteiger partial charge >= 0.3 is 0 Å². The summed E-state index contributed by atoms with van der Waals surface area (Å²) in [7, 11) is 1.63. The zero-order valence-corrected chi connectivity index (χ0v) is 18.9. The number of rotatable bonds is 6. The van der Waals surface area contributed by atoms with E-state index in [9.17, 15) is 4.79 Å². The van der Waals surface area contributed by atoms with Crippen molar-refractivity contribution < 1.29 is 14.3 Å². The van der Waals surface area contributed by atoms with Gasteiger partial charge in [0.25, 0.3) is 5.91 Å². The van der Waals surface area contributed by atoms with Crippen molar-refractivity contribution in [3.63, 3.8) is 0 Å². The average Bonchev–Trinajstić information content (AvgIpc) is 3.17. The fourth-order valence-electron chi connectivity index (χ4n) is 3.24. The fourth-order valence-corrected chi connectivity index (χ4v) is 4.33. The first kappa shape index (κ1) is 22.8. The normalized spacial score (nSPS) is 14.3. The van der Waals surface area contributed by atoms with Crippen molar-refractivity contribution in [2.75, 3.05) is 51.4 Å². The summed E-state index contributed by atoms with van der Waals surface area (Å²) < 4.78 is 11.7. The monoisotopic (exact) mass is 467 g/mol. The van der Waals surface area contributed by atoms with Crippen LogP contribution in [0.4, 0.5) is 5.13 Å². The number of thiazole rings is 1. The lowest BCUT2D eigenvalue weighted by molar-refractivity contribution is 0.0391. The summed E-state index contributed by atoms with van der Waals surface area (Å²) in [6, 6.07) is 12.7. The standard InChI is InChI=1S/C21H22ClN3O3S.ClH/c1-27-17-6-7-19-18(14-17)23-21(29-19)25(9-8-24-10-12-28-13-11-24)20(26)15-2-4-16(22)5-3-15;/h2-7,14H,8-13H2,1H3;1H. The van der Waals surface area contributed by atoms with E-state index in [0.717, 1.165) is 48.8 Å². The number of carbonyl (C=O) groups excluding carboxylic acids is 1. The Bertz CT molecular complexity index is 991. The molecule has 1 fully saturated rings. The zero-order valence-electron chi connectivity index (χ0n) is 16.5. The van der Waals surface area contributed by atoms with Crippen molar-refractivity contribution in [2.24, 2.45) is 0 Å². The van der Waals surface area contributed by atoms with Crippen LogP contribution in [0.1, 0.15) is 10.4 Å². The molecule has 9 heteroatoms. The van der Waals surface area contributed by atoms with Gasteiger partial charge in [0, 0.05) is 42.8 Å². The number of hydrogen-bond donors (Lipinski definition) is 0. The molecule has 0 spiro atoms. The van der Waals surface area contributed by atoms with Crippen molar-refractivity contribution in [3.8, 4) is 5.75 Å². The predicted octanol–water partition coefficient (Wildman–Crippen LogP) is 4.36. The van der Waals surface area contributed by atoms with Gasteiger partial charge in [-0.15, -0.1) is 12.4 Å². The number of nitrogens with zero attached hydrogens (tertiary/aromatic N) is 3. The van der Waals surface area contributed by atoms with Crippen LogP contribution < -0.4 is 9.64 Å². The van der Waals surface area contributed by atoms with E-state index in [1.807, 2.05) is 18.2 Å². The van der Waals surface area contributed by atoms with Crippen molar-refractivity contribution in [3.05, 3.63) is 53.1 Å². The van der Waals surface area contributed by atoms with Crippen LogP contribution in [-0.4, -0.2) is 62.3 Å². The summed E-state index contributed by atoms with van der Waals surface area (Å²) in [6.07, 6.45) is 0. The van der Waals surface area contributed by atoms with Gasteiger partial charge in [-0.05, 0) is 36.4 Å². The lowest BCUT2D eigenvalue weighted by Gasteiger charge is -2.29. The molecular formula is C21H23Cl2N3O3S. The van der Waals surface area contributed by atoms with Crippen molar-refractivity contribution in [2.45, 2.75) is 0 Å². The average molecular weight is 468 g/mol. The molecule has 1 aromatic heterocycles. The van der Waals surface area contributed by atoms with Crippen LogP contribution in [0.2, 0.25) is 5.02 Å². The molecule has 0 radical (unpaired) electrons. The van der Waals surface area contributed by atoms with Crippen LogP contribution in [0.3, 0.4) is 0 Å². The number of amides is 1. The third kappa shape index (κ3) is 5.22. The molecule has 1 saturated heterocycles. The lowest BCUT2D eigenvalue weighted by Crippen LogP contribution is -2.43. The summed E-state index contributed by atoms with van der Waals surface area (Å²) >= 11 is 7.50. The molecule has 0 aliphatic carbocycles. The maximum absolute atomic E-state index is 13.3. The molecule has 1 aliphatic rings. The summed E-state index contributed by atoms with van der Waals surface area (Å²) in [5.41, 5.74) is 1.41. The van der Waals surface area contributed by atoms with E-state index in [1.165, 1.54) is 11.3 Å². The molecule has 0 atom stereocenters. The Morgan fingerprint density at radius 3 is 2.67 bits per heavy atom. The van der Waals surface area contributed by atoms with E-state index in [0.29, 0.717) is 22.3 Å². The van der Waals surface area contributed by atoms with Gasteiger partial charge in [-0.2, -0.15) is 0 Å². The number of halogens is 2. The summed E-state index contributed by atoms with van der Waals surface area (Å²) in [5.74, 6) is 0.666. The van der Waals surface area contributed by atoms with Gasteiger partial charge in [0.2, 0.25) is 0 Å². The number of fused-ring (bicyclic) bond motifs is 1. The Morgan fingerprint density at radius 1 is 1.23 bits per heavy atom. The molecule has 30 heavy (non-hydrogen) atoms.